The number of carbonyl (C=O) groups is 2. The van der Waals surface area contributed by atoms with Gasteiger partial charge in [0.25, 0.3) is 5.91 Å². The fourth-order valence-corrected chi connectivity index (χ4v) is 2.87. The average molecular weight is 342 g/mol. The van der Waals surface area contributed by atoms with Gasteiger partial charge in [-0.25, -0.2) is 0 Å². The highest BCUT2D eigenvalue weighted by atomic mass is 35.5. The van der Waals surface area contributed by atoms with Gasteiger partial charge in [0, 0.05) is 18.2 Å². The summed E-state index contributed by atoms with van der Waals surface area (Å²) in [5.41, 5.74) is 0.0659. The Morgan fingerprint density at radius 3 is 2.70 bits per heavy atom. The summed E-state index contributed by atoms with van der Waals surface area (Å²) in [6, 6.07) is 5.14. The number of aryl methyl sites for hydroxylation is 1. The van der Waals surface area contributed by atoms with Crippen LogP contribution in [-0.2, 0) is 14.3 Å². The normalized spacial score (nSPS) is 16.6. The molecule has 2 N–H and O–H groups in total. The number of aliphatic carboxylic acids is 1. The Labute approximate surface area is 139 Å². The first-order valence-electron chi connectivity index (χ1n) is 7.40. The molecule has 1 aromatic rings. The van der Waals surface area contributed by atoms with Gasteiger partial charge in [-0.2, -0.15) is 0 Å². The first-order chi connectivity index (χ1) is 10.9. The van der Waals surface area contributed by atoms with E-state index in [9.17, 15) is 9.59 Å². The zero-order valence-electron chi connectivity index (χ0n) is 12.9. The van der Waals surface area contributed by atoms with Crippen molar-refractivity contribution in [1.82, 2.24) is 5.32 Å². The molecule has 0 spiro atoms. The standard InChI is InChI=1S/C16H20ClNO5/c1-11-8-12(17)2-3-13(11)23-10-14(19)18-16(9-15(20)21)4-6-22-7-5-16/h2-3,8H,4-7,9-10H2,1H3,(H,18,19)(H,20,21). The number of ether oxygens (including phenoxy) is 2. The third kappa shape index (κ3) is 5.11. The van der Waals surface area contributed by atoms with Gasteiger partial charge in [0.1, 0.15) is 5.75 Å². The first-order valence-corrected chi connectivity index (χ1v) is 7.77. The van der Waals surface area contributed by atoms with Crippen molar-refractivity contribution in [3.8, 4) is 5.75 Å². The molecule has 126 valence electrons. The summed E-state index contributed by atoms with van der Waals surface area (Å²) in [5.74, 6) is -0.715. The summed E-state index contributed by atoms with van der Waals surface area (Å²) < 4.78 is 10.8. The molecule has 1 aromatic carbocycles. The molecule has 1 aliphatic rings. The van der Waals surface area contributed by atoms with E-state index in [-0.39, 0.29) is 18.9 Å². The summed E-state index contributed by atoms with van der Waals surface area (Å²) in [4.78, 5) is 23.2. The van der Waals surface area contributed by atoms with E-state index in [1.54, 1.807) is 18.2 Å². The topological polar surface area (TPSA) is 84.9 Å². The Kier molecular flexibility index (Phi) is 5.85. The number of amides is 1. The van der Waals surface area contributed by atoms with E-state index in [1.807, 2.05) is 6.92 Å². The molecule has 1 saturated heterocycles. The fourth-order valence-electron chi connectivity index (χ4n) is 2.65. The van der Waals surface area contributed by atoms with Crippen LogP contribution in [0, 0.1) is 6.92 Å². The molecule has 2 rings (SSSR count). The monoisotopic (exact) mass is 341 g/mol. The second kappa shape index (κ2) is 7.66. The number of rotatable bonds is 6. The summed E-state index contributed by atoms with van der Waals surface area (Å²) in [6.07, 6.45) is 0.831. The third-order valence-electron chi connectivity index (χ3n) is 3.84. The number of nitrogens with one attached hydrogen (secondary N) is 1. The van der Waals surface area contributed by atoms with Crippen LogP contribution in [-0.4, -0.2) is 42.3 Å². The highest BCUT2D eigenvalue weighted by Gasteiger charge is 2.36. The van der Waals surface area contributed by atoms with Crippen LogP contribution < -0.4 is 10.1 Å². The third-order valence-corrected chi connectivity index (χ3v) is 4.07. The number of halogens is 1. The zero-order valence-corrected chi connectivity index (χ0v) is 13.7. The average Bonchev–Trinajstić information content (AvgIpc) is 2.46. The van der Waals surface area contributed by atoms with Crippen molar-refractivity contribution in [3.05, 3.63) is 28.8 Å². The van der Waals surface area contributed by atoms with Crippen LogP contribution in [0.15, 0.2) is 18.2 Å². The van der Waals surface area contributed by atoms with E-state index in [0.717, 1.165) is 5.56 Å². The van der Waals surface area contributed by atoms with Crippen LogP contribution in [0.3, 0.4) is 0 Å². The number of hydrogen-bond donors (Lipinski definition) is 2. The molecule has 1 fully saturated rings. The maximum Gasteiger partial charge on any atom is 0.305 e. The number of benzene rings is 1. The second-order valence-corrected chi connectivity index (χ2v) is 6.15. The maximum atomic E-state index is 12.2. The smallest absolute Gasteiger partial charge is 0.305 e. The summed E-state index contributed by atoms with van der Waals surface area (Å²) >= 11 is 5.87. The van der Waals surface area contributed by atoms with Crippen molar-refractivity contribution in [2.45, 2.75) is 31.7 Å². The van der Waals surface area contributed by atoms with Gasteiger partial charge in [0.05, 0.1) is 12.0 Å². The molecule has 0 radical (unpaired) electrons. The van der Waals surface area contributed by atoms with E-state index in [4.69, 9.17) is 26.2 Å². The van der Waals surface area contributed by atoms with Crippen molar-refractivity contribution >= 4 is 23.5 Å². The summed E-state index contributed by atoms with van der Waals surface area (Å²) in [7, 11) is 0. The minimum absolute atomic E-state index is 0.123. The van der Waals surface area contributed by atoms with Crippen molar-refractivity contribution in [2.24, 2.45) is 0 Å². The van der Waals surface area contributed by atoms with Crippen molar-refractivity contribution < 1.29 is 24.2 Å². The highest BCUT2D eigenvalue weighted by molar-refractivity contribution is 6.30. The molecule has 0 unspecified atom stereocenters. The lowest BCUT2D eigenvalue weighted by molar-refractivity contribution is -0.140. The molecule has 7 heteroatoms. The molecule has 1 amide bonds. The Bertz CT molecular complexity index is 584. The Balaban J connectivity index is 1.95. The van der Waals surface area contributed by atoms with E-state index in [0.29, 0.717) is 36.8 Å². The molecule has 23 heavy (non-hydrogen) atoms. The molecule has 1 heterocycles. The van der Waals surface area contributed by atoms with E-state index >= 15 is 0 Å². The predicted molar refractivity (Wildman–Crippen MR) is 84.9 cm³/mol. The molecule has 0 atom stereocenters. The van der Waals surface area contributed by atoms with Crippen LogP contribution in [0.25, 0.3) is 0 Å². The molecule has 0 bridgehead atoms. The fraction of sp³-hybridized carbons (Fsp3) is 0.500. The summed E-state index contributed by atoms with van der Waals surface area (Å²) in [5, 5.41) is 12.5. The zero-order chi connectivity index (χ0) is 16.9. The van der Waals surface area contributed by atoms with E-state index in [1.165, 1.54) is 0 Å². The number of hydrogen-bond acceptors (Lipinski definition) is 4. The van der Waals surface area contributed by atoms with Crippen LogP contribution in [0.2, 0.25) is 5.02 Å². The maximum absolute atomic E-state index is 12.2. The van der Waals surface area contributed by atoms with Gasteiger partial charge >= 0.3 is 5.97 Å². The van der Waals surface area contributed by atoms with Crippen LogP contribution in [0.5, 0.6) is 5.75 Å². The van der Waals surface area contributed by atoms with Gasteiger partial charge in [-0.3, -0.25) is 9.59 Å². The van der Waals surface area contributed by atoms with Crippen molar-refractivity contribution in [2.75, 3.05) is 19.8 Å². The van der Waals surface area contributed by atoms with Gasteiger partial charge in [0.15, 0.2) is 6.61 Å². The SMILES string of the molecule is Cc1cc(Cl)ccc1OCC(=O)NC1(CC(=O)O)CCOCC1. The Hall–Kier alpha value is -1.79. The van der Waals surface area contributed by atoms with E-state index in [2.05, 4.69) is 5.32 Å². The van der Waals surface area contributed by atoms with Crippen molar-refractivity contribution in [1.29, 1.82) is 0 Å². The predicted octanol–water partition coefficient (Wildman–Crippen LogP) is 2.17. The minimum Gasteiger partial charge on any atom is -0.484 e. The van der Waals surface area contributed by atoms with Gasteiger partial charge in [-0.1, -0.05) is 11.6 Å². The quantitative estimate of drug-likeness (QED) is 0.828. The van der Waals surface area contributed by atoms with Gasteiger partial charge in [-0.05, 0) is 43.5 Å². The molecule has 1 aliphatic heterocycles. The lowest BCUT2D eigenvalue weighted by atomic mass is 9.86. The molecule has 6 nitrogen and oxygen atoms in total. The van der Waals surface area contributed by atoms with Crippen LogP contribution in [0.1, 0.15) is 24.8 Å². The first kappa shape index (κ1) is 17.6. The Morgan fingerprint density at radius 1 is 1.39 bits per heavy atom. The van der Waals surface area contributed by atoms with Crippen LogP contribution in [0.4, 0.5) is 0 Å². The van der Waals surface area contributed by atoms with Gasteiger partial charge in [0.2, 0.25) is 0 Å². The lowest BCUT2D eigenvalue weighted by Crippen LogP contribution is -2.54. The number of carboxylic acids is 1. The van der Waals surface area contributed by atoms with Gasteiger partial charge < -0.3 is 19.9 Å². The molecule has 0 aromatic heterocycles. The summed E-state index contributed by atoms with van der Waals surface area (Å²) in [6.45, 7) is 2.53. The van der Waals surface area contributed by atoms with Crippen LogP contribution >= 0.6 is 11.6 Å². The van der Waals surface area contributed by atoms with Crippen molar-refractivity contribution in [3.63, 3.8) is 0 Å². The second-order valence-electron chi connectivity index (χ2n) is 5.71. The molecule has 0 saturated carbocycles. The Morgan fingerprint density at radius 2 is 2.09 bits per heavy atom. The largest absolute Gasteiger partial charge is 0.484 e. The number of carboxylic acid groups (broad SMARTS) is 1. The molecule has 0 aliphatic carbocycles. The molecular weight excluding hydrogens is 322 g/mol. The highest BCUT2D eigenvalue weighted by Crippen LogP contribution is 2.25. The van der Waals surface area contributed by atoms with Gasteiger partial charge in [-0.15, -0.1) is 0 Å². The number of carbonyl (C=O) groups excluding carboxylic acids is 1. The minimum atomic E-state index is -0.943. The van der Waals surface area contributed by atoms with E-state index < -0.39 is 11.5 Å². The molecular formula is C16H20ClNO5. The lowest BCUT2D eigenvalue weighted by Gasteiger charge is -2.36.